The molecular weight excluding hydrogens is 336 g/mol. The van der Waals surface area contributed by atoms with Crippen LogP contribution in [0.2, 0.25) is 0 Å². The molecule has 1 aromatic carbocycles. The Morgan fingerprint density at radius 2 is 2.14 bits per heavy atom. The number of halogens is 1. The molecule has 112 valence electrons. The Morgan fingerprint density at radius 1 is 1.33 bits per heavy atom. The van der Waals surface area contributed by atoms with E-state index in [1.54, 1.807) is 6.07 Å². The number of amides is 1. The monoisotopic (exact) mass is 352 g/mol. The van der Waals surface area contributed by atoms with Gasteiger partial charge in [-0.2, -0.15) is 0 Å². The number of rotatable bonds is 3. The van der Waals surface area contributed by atoms with Crippen LogP contribution in [0.1, 0.15) is 29.6 Å². The highest BCUT2D eigenvalue weighted by Crippen LogP contribution is 2.38. The van der Waals surface area contributed by atoms with Crippen LogP contribution >= 0.6 is 15.9 Å². The predicted octanol–water partition coefficient (Wildman–Crippen LogP) is 2.47. The van der Waals surface area contributed by atoms with Crippen LogP contribution < -0.4 is 10.6 Å². The highest BCUT2D eigenvalue weighted by molar-refractivity contribution is 9.10. The van der Waals surface area contributed by atoms with E-state index in [2.05, 4.69) is 26.6 Å². The van der Waals surface area contributed by atoms with E-state index < -0.39 is 5.97 Å². The molecule has 3 rings (SSSR count). The van der Waals surface area contributed by atoms with E-state index in [1.165, 1.54) is 25.0 Å². The summed E-state index contributed by atoms with van der Waals surface area (Å²) in [6.07, 6.45) is 3.52. The molecular formula is C15H17BrN2O3. The number of carboxylic acids is 1. The number of anilines is 1. The van der Waals surface area contributed by atoms with Crippen molar-refractivity contribution in [3.63, 3.8) is 0 Å². The molecule has 0 bridgehead atoms. The molecule has 1 heterocycles. The molecule has 1 amide bonds. The Balaban J connectivity index is 1.71. The standard InChI is InChI=1S/C15H17BrN2O3/c16-11-6-8(15(20)21)4-5-12(11)18-14(19)13-10-3-1-2-9(10)7-17-13/h4-6,9-10,13,17H,1-3,7H2,(H,18,19)(H,20,21). The Hall–Kier alpha value is -1.40. The average Bonchev–Trinajstić information content (AvgIpc) is 3.03. The van der Waals surface area contributed by atoms with Gasteiger partial charge in [0.2, 0.25) is 5.91 Å². The number of carboxylic acid groups (broad SMARTS) is 1. The molecule has 3 unspecified atom stereocenters. The molecule has 1 aliphatic heterocycles. The van der Waals surface area contributed by atoms with Crippen LogP contribution in [0.15, 0.2) is 22.7 Å². The van der Waals surface area contributed by atoms with Gasteiger partial charge in [0.25, 0.3) is 0 Å². The summed E-state index contributed by atoms with van der Waals surface area (Å²) in [6, 6.07) is 4.47. The quantitative estimate of drug-likeness (QED) is 0.780. The highest BCUT2D eigenvalue weighted by Gasteiger charge is 2.42. The average molecular weight is 353 g/mol. The van der Waals surface area contributed by atoms with Gasteiger partial charge >= 0.3 is 5.97 Å². The van der Waals surface area contributed by atoms with Gasteiger partial charge < -0.3 is 15.7 Å². The van der Waals surface area contributed by atoms with Crippen LogP contribution in [0.5, 0.6) is 0 Å². The molecule has 2 aliphatic rings. The number of hydrogen-bond acceptors (Lipinski definition) is 3. The molecule has 1 saturated carbocycles. The molecule has 5 nitrogen and oxygen atoms in total. The predicted molar refractivity (Wildman–Crippen MR) is 82.4 cm³/mol. The fourth-order valence-corrected chi connectivity index (χ4v) is 3.91. The van der Waals surface area contributed by atoms with Crippen molar-refractivity contribution in [2.45, 2.75) is 25.3 Å². The first-order chi connectivity index (χ1) is 10.1. The van der Waals surface area contributed by atoms with Gasteiger partial charge in [0.05, 0.1) is 17.3 Å². The van der Waals surface area contributed by atoms with Gasteiger partial charge in [-0.05, 0) is 65.4 Å². The smallest absolute Gasteiger partial charge is 0.335 e. The second kappa shape index (κ2) is 5.77. The molecule has 0 aromatic heterocycles. The van der Waals surface area contributed by atoms with E-state index in [4.69, 9.17) is 5.11 Å². The van der Waals surface area contributed by atoms with Crippen LogP contribution in [0.3, 0.4) is 0 Å². The molecule has 1 saturated heterocycles. The normalized spacial score (nSPS) is 27.4. The summed E-state index contributed by atoms with van der Waals surface area (Å²) in [5.74, 6) is 0.0358. The van der Waals surface area contributed by atoms with Crippen LogP contribution in [0.4, 0.5) is 5.69 Å². The van der Waals surface area contributed by atoms with E-state index in [1.807, 2.05) is 0 Å². The number of aromatic carboxylic acids is 1. The lowest BCUT2D eigenvalue weighted by atomic mass is 9.93. The number of benzene rings is 1. The topological polar surface area (TPSA) is 78.4 Å². The van der Waals surface area contributed by atoms with Crippen molar-refractivity contribution < 1.29 is 14.7 Å². The third-order valence-electron chi connectivity index (χ3n) is 4.50. The van der Waals surface area contributed by atoms with Crippen molar-refractivity contribution in [3.8, 4) is 0 Å². The minimum absolute atomic E-state index is 0.0341. The van der Waals surface area contributed by atoms with E-state index in [9.17, 15) is 9.59 Å². The van der Waals surface area contributed by atoms with Crippen LogP contribution in [-0.2, 0) is 4.79 Å². The minimum atomic E-state index is -0.986. The fraction of sp³-hybridized carbons (Fsp3) is 0.467. The molecule has 3 atom stereocenters. The maximum atomic E-state index is 12.4. The summed E-state index contributed by atoms with van der Waals surface area (Å²) in [7, 11) is 0. The van der Waals surface area contributed by atoms with Gasteiger partial charge in [0.15, 0.2) is 0 Å². The first-order valence-corrected chi connectivity index (χ1v) is 7.92. The van der Waals surface area contributed by atoms with Gasteiger partial charge in [0.1, 0.15) is 0 Å². The van der Waals surface area contributed by atoms with Gasteiger partial charge in [-0.1, -0.05) is 6.42 Å². The summed E-state index contributed by atoms with van der Waals surface area (Å²) >= 11 is 3.31. The Bertz CT molecular complexity index is 590. The Kier molecular flexibility index (Phi) is 3.99. The van der Waals surface area contributed by atoms with Crippen LogP contribution in [0.25, 0.3) is 0 Å². The largest absolute Gasteiger partial charge is 0.478 e. The Labute approximate surface area is 131 Å². The van der Waals surface area contributed by atoms with Gasteiger partial charge in [0, 0.05) is 4.47 Å². The van der Waals surface area contributed by atoms with Crippen molar-refractivity contribution in [1.82, 2.24) is 5.32 Å². The fourth-order valence-electron chi connectivity index (χ4n) is 3.43. The lowest BCUT2D eigenvalue weighted by Crippen LogP contribution is -2.39. The first-order valence-electron chi connectivity index (χ1n) is 7.13. The zero-order valence-corrected chi connectivity index (χ0v) is 13.0. The number of carbonyl (C=O) groups excluding carboxylic acids is 1. The molecule has 2 fully saturated rings. The summed E-state index contributed by atoms with van der Waals surface area (Å²) in [6.45, 7) is 0.919. The van der Waals surface area contributed by atoms with Gasteiger partial charge in [-0.15, -0.1) is 0 Å². The van der Waals surface area contributed by atoms with Crippen molar-refractivity contribution in [2.75, 3.05) is 11.9 Å². The number of fused-ring (bicyclic) bond motifs is 1. The van der Waals surface area contributed by atoms with Crippen molar-refractivity contribution in [3.05, 3.63) is 28.2 Å². The molecule has 6 heteroatoms. The van der Waals surface area contributed by atoms with E-state index >= 15 is 0 Å². The SMILES string of the molecule is O=C(O)c1ccc(NC(=O)C2NCC3CCCC32)c(Br)c1. The summed E-state index contributed by atoms with van der Waals surface area (Å²) in [5, 5.41) is 15.1. The molecule has 21 heavy (non-hydrogen) atoms. The lowest BCUT2D eigenvalue weighted by molar-refractivity contribution is -0.118. The molecule has 1 aromatic rings. The molecule has 3 N–H and O–H groups in total. The van der Waals surface area contributed by atoms with Crippen molar-refractivity contribution in [2.24, 2.45) is 11.8 Å². The second-order valence-electron chi connectivity index (χ2n) is 5.73. The summed E-state index contributed by atoms with van der Waals surface area (Å²) in [5.41, 5.74) is 0.794. The first kappa shape index (κ1) is 14.5. The maximum absolute atomic E-state index is 12.4. The van der Waals surface area contributed by atoms with Gasteiger partial charge in [-0.3, -0.25) is 4.79 Å². The minimum Gasteiger partial charge on any atom is -0.478 e. The van der Waals surface area contributed by atoms with Gasteiger partial charge in [-0.25, -0.2) is 4.79 Å². The van der Waals surface area contributed by atoms with E-state index in [0.29, 0.717) is 22.0 Å². The van der Waals surface area contributed by atoms with Crippen LogP contribution in [-0.4, -0.2) is 29.6 Å². The third-order valence-corrected chi connectivity index (χ3v) is 5.16. The van der Waals surface area contributed by atoms with Crippen molar-refractivity contribution in [1.29, 1.82) is 0 Å². The number of carbonyl (C=O) groups is 2. The third kappa shape index (κ3) is 2.82. The molecule has 0 radical (unpaired) electrons. The zero-order valence-electron chi connectivity index (χ0n) is 11.4. The summed E-state index contributed by atoms with van der Waals surface area (Å²) < 4.78 is 0.580. The zero-order chi connectivity index (χ0) is 15.0. The Morgan fingerprint density at radius 3 is 2.86 bits per heavy atom. The molecule has 1 aliphatic carbocycles. The number of hydrogen-bond donors (Lipinski definition) is 3. The van der Waals surface area contributed by atoms with E-state index in [-0.39, 0.29) is 17.5 Å². The highest BCUT2D eigenvalue weighted by atomic mass is 79.9. The van der Waals surface area contributed by atoms with E-state index in [0.717, 1.165) is 13.0 Å². The lowest BCUT2D eigenvalue weighted by Gasteiger charge is -2.18. The molecule has 0 spiro atoms. The van der Waals surface area contributed by atoms with Crippen molar-refractivity contribution >= 4 is 33.5 Å². The van der Waals surface area contributed by atoms with Crippen LogP contribution in [0, 0.1) is 11.8 Å². The maximum Gasteiger partial charge on any atom is 0.335 e. The second-order valence-corrected chi connectivity index (χ2v) is 6.58. The summed E-state index contributed by atoms with van der Waals surface area (Å²) in [4.78, 5) is 23.3. The number of nitrogens with one attached hydrogen (secondary N) is 2.